The van der Waals surface area contributed by atoms with Crippen molar-refractivity contribution in [1.82, 2.24) is 4.31 Å². The van der Waals surface area contributed by atoms with E-state index < -0.39 is 21.6 Å². The van der Waals surface area contributed by atoms with E-state index in [1.54, 1.807) is 0 Å². The van der Waals surface area contributed by atoms with Crippen molar-refractivity contribution in [2.75, 3.05) is 24.7 Å². The maximum atomic E-state index is 12.2. The van der Waals surface area contributed by atoms with Gasteiger partial charge < -0.3 is 0 Å². The van der Waals surface area contributed by atoms with E-state index in [4.69, 9.17) is 31.2 Å². The first-order valence-electron chi connectivity index (χ1n) is 8.77. The normalized spacial score (nSPS) is 28.0. The van der Waals surface area contributed by atoms with Crippen LogP contribution in [0.15, 0.2) is 0 Å². The largest absolute Gasteiger partial charge is 0.236 e. The lowest BCUT2D eigenvalue weighted by Gasteiger charge is -2.45. The molecule has 0 N–H and O–H groups in total. The molecule has 0 amide bonds. The zero-order valence-corrected chi connectivity index (χ0v) is 15.4. The molecule has 1 aliphatic carbocycles. The van der Waals surface area contributed by atoms with E-state index in [2.05, 4.69) is 0 Å². The number of piperidine rings is 1. The van der Waals surface area contributed by atoms with Crippen LogP contribution in [0.25, 0.3) is 0 Å². The zero-order valence-electron chi connectivity index (χ0n) is 13.9. The molecule has 0 bridgehead atoms. The minimum absolute atomic E-state index is 0.0708. The van der Waals surface area contributed by atoms with Gasteiger partial charge in [-0.15, -0.1) is 11.6 Å². The van der Waals surface area contributed by atoms with Gasteiger partial charge in [-0.2, -0.15) is 19.6 Å². The van der Waals surface area contributed by atoms with E-state index in [0.29, 0.717) is 38.2 Å². The molecule has 3 fully saturated rings. The fourth-order valence-electron chi connectivity index (χ4n) is 3.40. The third-order valence-corrected chi connectivity index (χ3v) is 7.19. The first-order chi connectivity index (χ1) is 11.5. The van der Waals surface area contributed by atoms with Crippen molar-refractivity contribution < 1.29 is 28.0 Å². The van der Waals surface area contributed by atoms with Crippen LogP contribution in [0.5, 0.6) is 0 Å². The highest BCUT2D eigenvalue weighted by molar-refractivity contribution is 7.89. The lowest BCUT2D eigenvalue weighted by Crippen LogP contribution is -2.56. The van der Waals surface area contributed by atoms with Crippen LogP contribution in [-0.2, 0) is 29.6 Å². The highest BCUT2D eigenvalue weighted by atomic mass is 35.5. The van der Waals surface area contributed by atoms with E-state index in [-0.39, 0.29) is 5.75 Å². The number of rotatable bonds is 4. The summed E-state index contributed by atoms with van der Waals surface area (Å²) < 4.78 is 25.9. The smallest absolute Gasteiger partial charge is 0.212 e. The van der Waals surface area contributed by atoms with Gasteiger partial charge in [0.2, 0.25) is 21.6 Å². The van der Waals surface area contributed by atoms with Crippen molar-refractivity contribution in [2.45, 2.75) is 69.4 Å². The van der Waals surface area contributed by atoms with Crippen LogP contribution in [0.1, 0.15) is 57.8 Å². The summed E-state index contributed by atoms with van der Waals surface area (Å²) in [6.45, 7) is 0.647. The Bertz CT molecular complexity index is 500. The number of halogens is 1. The Labute approximate surface area is 148 Å². The van der Waals surface area contributed by atoms with E-state index in [9.17, 15) is 8.42 Å². The van der Waals surface area contributed by atoms with Gasteiger partial charge in [-0.3, -0.25) is 0 Å². The summed E-state index contributed by atoms with van der Waals surface area (Å²) in [6.07, 6.45) is 7.08. The average molecular weight is 384 g/mol. The van der Waals surface area contributed by atoms with E-state index in [1.807, 2.05) is 0 Å². The minimum Gasteiger partial charge on any atom is -0.212 e. The fraction of sp³-hybridized carbons (Fsp3) is 1.00. The summed E-state index contributed by atoms with van der Waals surface area (Å²) in [5, 5.41) is 0. The molecule has 0 radical (unpaired) electrons. The molecule has 9 heteroatoms. The molecule has 24 heavy (non-hydrogen) atoms. The highest BCUT2D eigenvalue weighted by Crippen LogP contribution is 2.41. The molecule has 2 aliphatic heterocycles. The third kappa shape index (κ3) is 4.23. The zero-order chi connectivity index (χ0) is 17.1. The van der Waals surface area contributed by atoms with Crippen LogP contribution in [0, 0.1) is 0 Å². The van der Waals surface area contributed by atoms with Crippen LogP contribution in [0.2, 0.25) is 0 Å². The summed E-state index contributed by atoms with van der Waals surface area (Å²) in [7, 11) is -3.28. The lowest BCUT2D eigenvalue weighted by molar-refractivity contribution is -0.661. The standard InChI is InChI=1S/C15H26ClNO6S/c16-10-5-13-24(18,19)17-11-8-15(9-12-17)22-20-14(21-23-15)6-3-1-2-4-7-14/h1-13H2. The van der Waals surface area contributed by atoms with Crippen molar-refractivity contribution in [2.24, 2.45) is 0 Å². The van der Waals surface area contributed by atoms with Gasteiger partial charge in [-0.25, -0.2) is 12.7 Å². The number of nitrogens with zero attached hydrogens (tertiary/aromatic N) is 1. The Hall–Kier alpha value is 0.0400. The first-order valence-corrected chi connectivity index (χ1v) is 10.9. The summed E-state index contributed by atoms with van der Waals surface area (Å²) in [5.41, 5.74) is 0. The molecular formula is C15H26ClNO6S. The van der Waals surface area contributed by atoms with Crippen molar-refractivity contribution >= 4 is 21.6 Å². The van der Waals surface area contributed by atoms with Gasteiger partial charge in [0.25, 0.3) is 0 Å². The number of alkyl halides is 1. The van der Waals surface area contributed by atoms with Crippen LogP contribution in [0.4, 0.5) is 0 Å². The van der Waals surface area contributed by atoms with Crippen LogP contribution in [-0.4, -0.2) is 49.0 Å². The predicted octanol–water partition coefficient (Wildman–Crippen LogP) is 2.70. The number of sulfonamides is 1. The molecule has 2 saturated heterocycles. The van der Waals surface area contributed by atoms with Gasteiger partial charge in [0.15, 0.2) is 0 Å². The highest BCUT2D eigenvalue weighted by Gasteiger charge is 2.51. The van der Waals surface area contributed by atoms with E-state index >= 15 is 0 Å². The quantitative estimate of drug-likeness (QED) is 0.549. The van der Waals surface area contributed by atoms with Crippen molar-refractivity contribution in [3.8, 4) is 0 Å². The lowest BCUT2D eigenvalue weighted by atomic mass is 10.1. The fourth-order valence-corrected chi connectivity index (χ4v) is 5.20. The van der Waals surface area contributed by atoms with Gasteiger partial charge in [0.05, 0.1) is 5.75 Å². The summed E-state index contributed by atoms with van der Waals surface area (Å²) in [4.78, 5) is 22.5. The van der Waals surface area contributed by atoms with Gasteiger partial charge >= 0.3 is 0 Å². The summed E-state index contributed by atoms with van der Waals surface area (Å²) in [5.74, 6) is -1.39. The average Bonchev–Trinajstić information content (AvgIpc) is 2.83. The molecule has 3 rings (SSSR count). The topological polar surface area (TPSA) is 74.3 Å². The second kappa shape index (κ2) is 7.73. The van der Waals surface area contributed by atoms with Crippen LogP contribution >= 0.6 is 11.6 Å². The second-order valence-corrected chi connectivity index (χ2v) is 9.29. The van der Waals surface area contributed by atoms with Gasteiger partial charge in [-0.1, -0.05) is 12.8 Å². The molecule has 0 aromatic rings. The van der Waals surface area contributed by atoms with Gasteiger partial charge in [-0.05, 0) is 19.3 Å². The molecule has 1 saturated carbocycles. The SMILES string of the molecule is O=S(=O)(CCCCl)N1CCC2(CC1)OOC1(CCCCCC1)OO2. The molecule has 0 aromatic heterocycles. The minimum atomic E-state index is -3.28. The first kappa shape index (κ1) is 18.8. The maximum absolute atomic E-state index is 12.2. The van der Waals surface area contributed by atoms with Crippen molar-refractivity contribution in [3.63, 3.8) is 0 Å². The molecule has 0 unspecified atom stereocenters. The molecule has 0 aromatic carbocycles. The molecule has 2 heterocycles. The van der Waals surface area contributed by atoms with Gasteiger partial charge in [0, 0.05) is 44.7 Å². The van der Waals surface area contributed by atoms with E-state index in [1.165, 1.54) is 4.31 Å². The number of hydrogen-bond acceptors (Lipinski definition) is 6. The monoisotopic (exact) mass is 383 g/mol. The summed E-state index contributed by atoms with van der Waals surface area (Å²) in [6, 6.07) is 0. The molecule has 7 nitrogen and oxygen atoms in total. The molecule has 140 valence electrons. The molecule has 3 aliphatic rings. The molecule has 0 atom stereocenters. The Kier molecular flexibility index (Phi) is 6.07. The van der Waals surface area contributed by atoms with E-state index in [0.717, 1.165) is 38.5 Å². The van der Waals surface area contributed by atoms with Crippen LogP contribution in [0.3, 0.4) is 0 Å². The van der Waals surface area contributed by atoms with Gasteiger partial charge in [0.1, 0.15) is 0 Å². The van der Waals surface area contributed by atoms with Crippen molar-refractivity contribution in [1.29, 1.82) is 0 Å². The Morgan fingerprint density at radius 3 is 1.83 bits per heavy atom. The Morgan fingerprint density at radius 1 is 0.833 bits per heavy atom. The second-order valence-electron chi connectivity index (χ2n) is 6.83. The maximum Gasteiger partial charge on any atom is 0.236 e. The molecular weight excluding hydrogens is 358 g/mol. The number of hydrogen-bond donors (Lipinski definition) is 0. The predicted molar refractivity (Wildman–Crippen MR) is 87.4 cm³/mol. The third-order valence-electron chi connectivity index (χ3n) is 4.97. The molecule has 2 spiro atoms. The Balaban J connectivity index is 1.53. The summed E-state index contributed by atoms with van der Waals surface area (Å²) >= 11 is 5.59. The van der Waals surface area contributed by atoms with Crippen LogP contribution < -0.4 is 0 Å². The van der Waals surface area contributed by atoms with Crippen molar-refractivity contribution in [3.05, 3.63) is 0 Å². The Morgan fingerprint density at radius 2 is 1.33 bits per heavy atom.